The lowest BCUT2D eigenvalue weighted by atomic mass is 10.2. The van der Waals surface area contributed by atoms with E-state index in [0.717, 1.165) is 44.2 Å². The zero-order valence-corrected chi connectivity index (χ0v) is 11.9. The predicted octanol–water partition coefficient (Wildman–Crippen LogP) is 1.08. The van der Waals surface area contributed by atoms with E-state index < -0.39 is 0 Å². The zero-order chi connectivity index (χ0) is 14.5. The number of hydrazine groups is 1. The van der Waals surface area contributed by atoms with Crippen molar-refractivity contribution in [1.82, 2.24) is 14.9 Å². The highest BCUT2D eigenvalue weighted by atomic mass is 15.3. The van der Waals surface area contributed by atoms with E-state index in [0.29, 0.717) is 5.82 Å². The van der Waals surface area contributed by atoms with E-state index in [1.165, 1.54) is 0 Å². The van der Waals surface area contributed by atoms with Crippen molar-refractivity contribution in [3.05, 3.63) is 48.3 Å². The van der Waals surface area contributed by atoms with Gasteiger partial charge in [-0.05, 0) is 24.3 Å². The fourth-order valence-electron chi connectivity index (χ4n) is 2.55. The maximum absolute atomic E-state index is 5.39. The molecule has 0 unspecified atom stereocenters. The molecular weight excluding hydrogens is 264 g/mol. The quantitative estimate of drug-likeness (QED) is 0.647. The molecule has 1 aliphatic rings. The largest absolute Gasteiger partial charge is 0.354 e. The molecule has 0 radical (unpaired) electrons. The van der Waals surface area contributed by atoms with Gasteiger partial charge >= 0.3 is 0 Å². The van der Waals surface area contributed by atoms with E-state index in [-0.39, 0.29) is 0 Å². The molecule has 0 saturated carbocycles. The molecule has 1 saturated heterocycles. The van der Waals surface area contributed by atoms with Crippen LogP contribution in [-0.4, -0.2) is 41.0 Å². The van der Waals surface area contributed by atoms with Crippen LogP contribution in [0.3, 0.4) is 0 Å². The minimum atomic E-state index is 0.708. The van der Waals surface area contributed by atoms with Gasteiger partial charge in [-0.1, -0.05) is 12.1 Å². The SMILES string of the molecule is NNc1cccc(CN2CCN(c3ccccn3)CC2)n1. The first-order valence-electron chi connectivity index (χ1n) is 7.16. The molecule has 0 bridgehead atoms. The van der Waals surface area contributed by atoms with Gasteiger partial charge in [0.1, 0.15) is 11.6 Å². The lowest BCUT2D eigenvalue weighted by Crippen LogP contribution is -2.46. The molecule has 1 fully saturated rings. The molecule has 110 valence electrons. The summed E-state index contributed by atoms with van der Waals surface area (Å²) in [5.74, 6) is 7.16. The van der Waals surface area contributed by atoms with Gasteiger partial charge in [0.25, 0.3) is 0 Å². The van der Waals surface area contributed by atoms with Gasteiger partial charge in [0.15, 0.2) is 0 Å². The van der Waals surface area contributed by atoms with Gasteiger partial charge in [0.2, 0.25) is 0 Å². The standard InChI is InChI=1S/C15H20N6/c16-19-14-5-3-4-13(18-14)12-20-8-10-21(11-9-20)15-6-1-2-7-17-15/h1-7H,8-12,16H2,(H,18,19). The van der Waals surface area contributed by atoms with Crippen LogP contribution in [0.5, 0.6) is 0 Å². The molecule has 21 heavy (non-hydrogen) atoms. The molecule has 0 spiro atoms. The van der Waals surface area contributed by atoms with E-state index in [4.69, 9.17) is 5.84 Å². The van der Waals surface area contributed by atoms with Crippen molar-refractivity contribution in [2.45, 2.75) is 6.54 Å². The summed E-state index contributed by atoms with van der Waals surface area (Å²) >= 11 is 0. The van der Waals surface area contributed by atoms with Gasteiger partial charge < -0.3 is 10.3 Å². The minimum Gasteiger partial charge on any atom is -0.354 e. The number of nitrogens with one attached hydrogen (secondary N) is 1. The Labute approximate surface area is 124 Å². The monoisotopic (exact) mass is 284 g/mol. The third kappa shape index (κ3) is 3.48. The first kappa shape index (κ1) is 13.8. The number of hydrogen-bond acceptors (Lipinski definition) is 6. The van der Waals surface area contributed by atoms with Gasteiger partial charge in [-0.25, -0.2) is 15.8 Å². The van der Waals surface area contributed by atoms with E-state index in [1.807, 2.05) is 36.5 Å². The van der Waals surface area contributed by atoms with Crippen molar-refractivity contribution in [3.63, 3.8) is 0 Å². The van der Waals surface area contributed by atoms with Crippen molar-refractivity contribution in [1.29, 1.82) is 0 Å². The highest BCUT2D eigenvalue weighted by Gasteiger charge is 2.18. The average molecular weight is 284 g/mol. The summed E-state index contributed by atoms with van der Waals surface area (Å²) in [6.07, 6.45) is 1.84. The second kappa shape index (κ2) is 6.51. The summed E-state index contributed by atoms with van der Waals surface area (Å²) in [6.45, 7) is 4.86. The minimum absolute atomic E-state index is 0.708. The lowest BCUT2D eigenvalue weighted by molar-refractivity contribution is 0.246. The molecular formula is C15H20N6. The summed E-state index contributed by atoms with van der Waals surface area (Å²) in [7, 11) is 0. The van der Waals surface area contributed by atoms with Gasteiger partial charge in [-0.3, -0.25) is 4.90 Å². The fraction of sp³-hybridized carbons (Fsp3) is 0.333. The highest BCUT2D eigenvalue weighted by molar-refractivity contribution is 5.38. The molecule has 1 aliphatic heterocycles. The number of anilines is 2. The third-order valence-electron chi connectivity index (χ3n) is 3.69. The Morgan fingerprint density at radius 2 is 1.90 bits per heavy atom. The number of aromatic nitrogens is 2. The van der Waals surface area contributed by atoms with Gasteiger partial charge in [-0.2, -0.15) is 0 Å². The molecule has 0 aliphatic carbocycles. The molecule has 6 heteroatoms. The van der Waals surface area contributed by atoms with Gasteiger partial charge in [0, 0.05) is 38.9 Å². The number of piperazine rings is 1. The van der Waals surface area contributed by atoms with Crippen LogP contribution in [0.15, 0.2) is 42.6 Å². The van der Waals surface area contributed by atoms with Crippen LogP contribution in [0.1, 0.15) is 5.69 Å². The molecule has 0 amide bonds. The van der Waals surface area contributed by atoms with Crippen LogP contribution in [-0.2, 0) is 6.54 Å². The zero-order valence-electron chi connectivity index (χ0n) is 11.9. The smallest absolute Gasteiger partial charge is 0.140 e. The van der Waals surface area contributed by atoms with Crippen LogP contribution in [0, 0.1) is 0 Å². The molecule has 3 heterocycles. The van der Waals surface area contributed by atoms with Crippen molar-refractivity contribution < 1.29 is 0 Å². The van der Waals surface area contributed by atoms with Crippen LogP contribution < -0.4 is 16.2 Å². The fourth-order valence-corrected chi connectivity index (χ4v) is 2.55. The second-order valence-electron chi connectivity index (χ2n) is 5.11. The maximum Gasteiger partial charge on any atom is 0.140 e. The summed E-state index contributed by atoms with van der Waals surface area (Å²) in [5, 5.41) is 0. The normalized spacial score (nSPS) is 16.0. The summed E-state index contributed by atoms with van der Waals surface area (Å²) in [6, 6.07) is 11.9. The van der Waals surface area contributed by atoms with Gasteiger partial charge in [0.05, 0.1) is 5.69 Å². The van der Waals surface area contributed by atoms with E-state index in [1.54, 1.807) is 0 Å². The molecule has 0 aromatic carbocycles. The van der Waals surface area contributed by atoms with Crippen molar-refractivity contribution in [2.75, 3.05) is 36.5 Å². The average Bonchev–Trinajstić information content (AvgIpc) is 2.56. The summed E-state index contributed by atoms with van der Waals surface area (Å²) in [5.41, 5.74) is 3.63. The highest BCUT2D eigenvalue weighted by Crippen LogP contribution is 2.14. The second-order valence-corrected chi connectivity index (χ2v) is 5.11. The van der Waals surface area contributed by atoms with Crippen molar-refractivity contribution in [2.24, 2.45) is 5.84 Å². The number of nitrogens with two attached hydrogens (primary N) is 1. The Hall–Kier alpha value is -2.18. The van der Waals surface area contributed by atoms with E-state index >= 15 is 0 Å². The topological polar surface area (TPSA) is 70.3 Å². The molecule has 2 aromatic rings. The number of nitrogen functional groups attached to an aromatic ring is 1. The maximum atomic E-state index is 5.39. The number of nitrogens with zero attached hydrogens (tertiary/aromatic N) is 4. The predicted molar refractivity (Wildman–Crippen MR) is 83.8 cm³/mol. The van der Waals surface area contributed by atoms with Crippen LogP contribution in [0.25, 0.3) is 0 Å². The Morgan fingerprint density at radius 3 is 2.62 bits per heavy atom. The Kier molecular flexibility index (Phi) is 4.28. The first-order valence-corrected chi connectivity index (χ1v) is 7.16. The number of hydrogen-bond donors (Lipinski definition) is 2. The third-order valence-corrected chi connectivity index (χ3v) is 3.69. The molecule has 6 nitrogen and oxygen atoms in total. The molecule has 2 aromatic heterocycles. The molecule has 3 rings (SSSR count). The van der Waals surface area contributed by atoms with Crippen LogP contribution in [0.4, 0.5) is 11.6 Å². The van der Waals surface area contributed by atoms with Crippen molar-refractivity contribution >= 4 is 11.6 Å². The Balaban J connectivity index is 1.56. The summed E-state index contributed by atoms with van der Waals surface area (Å²) in [4.78, 5) is 13.6. The summed E-state index contributed by atoms with van der Waals surface area (Å²) < 4.78 is 0. The van der Waals surface area contributed by atoms with Crippen LogP contribution >= 0.6 is 0 Å². The molecule has 3 N–H and O–H groups in total. The molecule has 0 atom stereocenters. The Bertz CT molecular complexity index is 565. The Morgan fingerprint density at radius 1 is 1.05 bits per heavy atom. The van der Waals surface area contributed by atoms with Gasteiger partial charge in [-0.15, -0.1) is 0 Å². The number of pyridine rings is 2. The lowest BCUT2D eigenvalue weighted by Gasteiger charge is -2.35. The first-order chi connectivity index (χ1) is 10.3. The van der Waals surface area contributed by atoms with Crippen molar-refractivity contribution in [3.8, 4) is 0 Å². The van der Waals surface area contributed by atoms with E-state index in [2.05, 4.69) is 31.3 Å². The van der Waals surface area contributed by atoms with Crippen LogP contribution in [0.2, 0.25) is 0 Å². The number of rotatable bonds is 4. The van der Waals surface area contributed by atoms with E-state index in [9.17, 15) is 0 Å².